The summed E-state index contributed by atoms with van der Waals surface area (Å²) in [4.78, 5) is 27.7. The molecule has 14 heteroatoms. The van der Waals surface area contributed by atoms with Gasteiger partial charge < -0.3 is 15.0 Å². The van der Waals surface area contributed by atoms with Crippen LogP contribution < -0.4 is 20.5 Å². The van der Waals surface area contributed by atoms with Crippen LogP contribution in [0.3, 0.4) is 0 Å². The van der Waals surface area contributed by atoms with Crippen LogP contribution in [0.25, 0.3) is 26.9 Å². The summed E-state index contributed by atoms with van der Waals surface area (Å²) < 4.78 is 32.9. The lowest BCUT2D eigenvalue weighted by Gasteiger charge is -2.37. The first-order valence-corrected chi connectivity index (χ1v) is 16.7. The molecule has 0 bridgehead atoms. The number of aryl methyl sites for hydroxylation is 1. The van der Waals surface area contributed by atoms with Crippen LogP contribution >= 0.6 is 24.2 Å². The van der Waals surface area contributed by atoms with E-state index in [1.165, 1.54) is 22.0 Å². The molecule has 0 unspecified atom stereocenters. The van der Waals surface area contributed by atoms with Crippen molar-refractivity contribution in [2.75, 3.05) is 61.6 Å². The molecule has 0 amide bonds. The number of hydrogen-bond donors (Lipinski definition) is 2. The highest BCUT2D eigenvalue weighted by atomic mass is 32.2. The molecule has 0 atom stereocenters. The lowest BCUT2D eigenvalue weighted by molar-refractivity contribution is 0.271. The first-order chi connectivity index (χ1) is 19.6. The minimum atomic E-state index is -2.99. The summed E-state index contributed by atoms with van der Waals surface area (Å²) in [5, 5.41) is 5.96. The molecule has 11 nitrogen and oxygen atoms in total. The van der Waals surface area contributed by atoms with Gasteiger partial charge in [0, 0.05) is 56.9 Å². The fraction of sp³-hybridized carbons (Fsp3) is 0.370. The zero-order chi connectivity index (χ0) is 28.9. The Balaban J connectivity index is 1.37. The fourth-order valence-corrected chi connectivity index (χ4v) is 6.81. The number of rotatable bonds is 8. The monoisotopic (exact) mass is 613 g/mol. The molecule has 1 saturated heterocycles. The van der Waals surface area contributed by atoms with E-state index >= 15 is 0 Å². The summed E-state index contributed by atoms with van der Waals surface area (Å²) in [5.41, 5.74) is 4.32. The highest BCUT2D eigenvalue weighted by Gasteiger charge is 2.22. The van der Waals surface area contributed by atoms with Gasteiger partial charge in [-0.25, -0.2) is 17.8 Å². The van der Waals surface area contributed by atoms with Gasteiger partial charge in [-0.2, -0.15) is 4.98 Å². The van der Waals surface area contributed by atoms with E-state index in [0.29, 0.717) is 52.0 Å². The molecule has 1 aromatic carbocycles. The maximum atomic E-state index is 13.6. The van der Waals surface area contributed by atoms with Crippen molar-refractivity contribution in [3.63, 3.8) is 0 Å². The van der Waals surface area contributed by atoms with E-state index in [1.807, 2.05) is 43.5 Å². The summed E-state index contributed by atoms with van der Waals surface area (Å²) in [6.07, 6.45) is 3.06. The SMILES string of the molecule is CCOc1cc(N2CCN(CCS(C)(=O)=O)CC2)c(C)cc1Nc1nc2c(ccn2S)c2nc3ccsc3c(=O)n12. The highest BCUT2D eigenvalue weighted by molar-refractivity contribution is 7.90. The molecule has 5 aromatic rings. The van der Waals surface area contributed by atoms with Gasteiger partial charge in [-0.15, -0.1) is 11.3 Å². The van der Waals surface area contributed by atoms with E-state index in [0.717, 1.165) is 42.8 Å². The van der Waals surface area contributed by atoms with Gasteiger partial charge >= 0.3 is 0 Å². The van der Waals surface area contributed by atoms with E-state index in [4.69, 9.17) is 14.7 Å². The molecule has 0 spiro atoms. The third-order valence-corrected chi connectivity index (χ3v) is 9.46. The molecule has 0 radical (unpaired) electrons. The highest BCUT2D eigenvalue weighted by Crippen LogP contribution is 2.36. The quantitative estimate of drug-likeness (QED) is 0.254. The number of thiophene rings is 1. The molecule has 216 valence electrons. The third-order valence-electron chi connectivity index (χ3n) is 7.32. The standard InChI is InChI=1S/C27H31N7O4S3/c1-4-38-22-16-21(32-10-8-31(9-11-32)12-14-41(3,36)37)17(2)15-20(22)29-27-30-24-18(5-7-33(24)39)25-28-19-6-13-40-23(19)26(35)34(25)27/h5-7,13,15-16,39H,4,8-12,14H2,1-3H3,(H,29,30). The molecule has 5 heterocycles. The first-order valence-electron chi connectivity index (χ1n) is 13.3. The number of nitrogens with one attached hydrogen (secondary N) is 1. The second-order valence-corrected chi connectivity index (χ2v) is 13.8. The Kier molecular flexibility index (Phi) is 7.34. The van der Waals surface area contributed by atoms with E-state index in [1.54, 1.807) is 10.2 Å². The van der Waals surface area contributed by atoms with Crippen molar-refractivity contribution < 1.29 is 13.2 Å². The Morgan fingerprint density at radius 3 is 2.63 bits per heavy atom. The summed E-state index contributed by atoms with van der Waals surface area (Å²) >= 11 is 5.87. The van der Waals surface area contributed by atoms with Crippen LogP contribution in [0.4, 0.5) is 17.3 Å². The molecular formula is C27H31N7O4S3. The summed E-state index contributed by atoms with van der Waals surface area (Å²) in [5.74, 6) is 1.13. The van der Waals surface area contributed by atoms with Gasteiger partial charge in [0.05, 0.1) is 29.0 Å². The molecule has 4 aromatic heterocycles. The minimum absolute atomic E-state index is 0.171. The number of sulfone groups is 1. The number of anilines is 3. The number of hydrogen-bond acceptors (Lipinski definition) is 11. The second kappa shape index (κ2) is 10.8. The normalized spacial score (nSPS) is 14.9. The topological polar surface area (TPSA) is 114 Å². The predicted molar refractivity (Wildman–Crippen MR) is 169 cm³/mol. The molecule has 1 aliphatic heterocycles. The predicted octanol–water partition coefficient (Wildman–Crippen LogP) is 3.57. The number of piperazine rings is 1. The molecule has 1 N–H and O–H groups in total. The Labute approximate surface area is 246 Å². The van der Waals surface area contributed by atoms with Crippen LogP contribution in [-0.4, -0.2) is 83.0 Å². The van der Waals surface area contributed by atoms with Crippen molar-refractivity contribution in [1.82, 2.24) is 23.2 Å². The Bertz CT molecular complexity index is 1940. The van der Waals surface area contributed by atoms with Crippen molar-refractivity contribution in [3.05, 3.63) is 51.8 Å². The number of aromatic nitrogens is 4. The van der Waals surface area contributed by atoms with Gasteiger partial charge in [-0.3, -0.25) is 13.7 Å². The smallest absolute Gasteiger partial charge is 0.278 e. The molecule has 1 aliphatic rings. The van der Waals surface area contributed by atoms with Crippen molar-refractivity contribution in [2.45, 2.75) is 13.8 Å². The van der Waals surface area contributed by atoms with Gasteiger partial charge in [0.25, 0.3) is 5.56 Å². The van der Waals surface area contributed by atoms with Crippen LogP contribution in [0.1, 0.15) is 12.5 Å². The van der Waals surface area contributed by atoms with E-state index in [2.05, 4.69) is 27.9 Å². The molecule has 41 heavy (non-hydrogen) atoms. The fourth-order valence-electron chi connectivity index (χ4n) is 5.24. The van der Waals surface area contributed by atoms with Gasteiger partial charge in [0.1, 0.15) is 20.3 Å². The maximum Gasteiger partial charge on any atom is 0.278 e. The van der Waals surface area contributed by atoms with Gasteiger partial charge in [0.2, 0.25) is 5.95 Å². The van der Waals surface area contributed by atoms with Crippen LogP contribution in [-0.2, 0) is 9.84 Å². The lowest BCUT2D eigenvalue weighted by atomic mass is 10.1. The Morgan fingerprint density at radius 1 is 1.12 bits per heavy atom. The molecule has 0 saturated carbocycles. The molecule has 0 aliphatic carbocycles. The van der Waals surface area contributed by atoms with Gasteiger partial charge in [-0.05, 0) is 43.0 Å². The second-order valence-electron chi connectivity index (χ2n) is 10.2. The van der Waals surface area contributed by atoms with E-state index in [9.17, 15) is 13.2 Å². The van der Waals surface area contributed by atoms with Crippen molar-refractivity contribution in [3.8, 4) is 5.75 Å². The minimum Gasteiger partial charge on any atom is -0.492 e. The molecular weight excluding hydrogens is 583 g/mol. The number of ether oxygens (including phenoxy) is 1. The van der Waals surface area contributed by atoms with Crippen LogP contribution in [0, 0.1) is 6.92 Å². The number of thiol groups is 1. The third kappa shape index (κ3) is 5.36. The molecule has 1 fully saturated rings. The maximum absolute atomic E-state index is 13.6. The first kappa shape index (κ1) is 27.8. The van der Waals surface area contributed by atoms with Crippen LogP contribution in [0.5, 0.6) is 5.75 Å². The summed E-state index contributed by atoms with van der Waals surface area (Å²) in [6.45, 7) is 8.11. The Hall–Kier alpha value is -3.33. The summed E-state index contributed by atoms with van der Waals surface area (Å²) in [7, 11) is -2.99. The zero-order valence-corrected chi connectivity index (χ0v) is 25.5. The van der Waals surface area contributed by atoms with Crippen LogP contribution in [0.15, 0.2) is 40.6 Å². The average Bonchev–Trinajstić information content (AvgIpc) is 3.56. The summed E-state index contributed by atoms with van der Waals surface area (Å²) in [6, 6.07) is 7.73. The van der Waals surface area contributed by atoms with Gasteiger partial charge in [0.15, 0.2) is 11.3 Å². The average molecular weight is 614 g/mol. The number of benzene rings is 1. The lowest BCUT2D eigenvalue weighted by Crippen LogP contribution is -2.47. The van der Waals surface area contributed by atoms with Crippen molar-refractivity contribution in [2.24, 2.45) is 0 Å². The largest absolute Gasteiger partial charge is 0.492 e. The van der Waals surface area contributed by atoms with Crippen molar-refractivity contribution in [1.29, 1.82) is 0 Å². The van der Waals surface area contributed by atoms with Crippen molar-refractivity contribution >= 4 is 78.2 Å². The van der Waals surface area contributed by atoms with Crippen LogP contribution in [0.2, 0.25) is 0 Å². The van der Waals surface area contributed by atoms with Gasteiger partial charge in [-0.1, -0.05) is 12.8 Å². The van der Waals surface area contributed by atoms with E-state index < -0.39 is 9.84 Å². The molecule has 6 rings (SSSR count). The zero-order valence-electron chi connectivity index (χ0n) is 23.0. The number of fused-ring (bicyclic) bond motifs is 4. The van der Waals surface area contributed by atoms with E-state index in [-0.39, 0.29) is 11.3 Å². The Morgan fingerprint density at radius 2 is 1.90 bits per heavy atom. The number of nitrogens with zero attached hydrogens (tertiary/aromatic N) is 6.